The smallest absolute Gasteiger partial charge is 0.240 e. The number of hydrogen-bond acceptors (Lipinski definition) is 4. The molecule has 1 atom stereocenters. The normalized spacial score (nSPS) is 12.4. The average molecular weight is 490 g/mol. The Morgan fingerprint density at radius 3 is 2.20 bits per heavy atom. The number of halogens is 1. The molecule has 0 aromatic heterocycles. The molecule has 0 amide bonds. The number of nitrogens with one attached hydrogen (secondary N) is 1. The van der Waals surface area contributed by atoms with Gasteiger partial charge in [-0.2, -0.15) is 0 Å². The Balaban J connectivity index is 1.87. The Morgan fingerprint density at radius 1 is 0.900 bits per heavy atom. The molecule has 1 N–H and O–H groups in total. The zero-order chi connectivity index (χ0) is 21.6. The number of methoxy groups -OCH3 is 2. The maximum atomic E-state index is 12.8. The molecule has 3 aromatic rings. The summed E-state index contributed by atoms with van der Waals surface area (Å²) in [6, 6.07) is 22.3. The van der Waals surface area contributed by atoms with Crippen LogP contribution in [0.1, 0.15) is 17.0 Å². The summed E-state index contributed by atoms with van der Waals surface area (Å²) in [4.78, 5) is 0.233. The summed E-state index contributed by atoms with van der Waals surface area (Å²) in [7, 11) is -0.452. The lowest BCUT2D eigenvalue weighted by Gasteiger charge is -2.20. The van der Waals surface area contributed by atoms with E-state index in [9.17, 15) is 8.42 Å². The van der Waals surface area contributed by atoms with Crippen molar-refractivity contribution in [3.63, 3.8) is 0 Å². The second-order valence-electron chi connectivity index (χ2n) is 6.81. The van der Waals surface area contributed by atoms with Gasteiger partial charge in [0.1, 0.15) is 0 Å². The van der Waals surface area contributed by atoms with Gasteiger partial charge in [0, 0.05) is 16.9 Å². The first kappa shape index (κ1) is 22.3. The van der Waals surface area contributed by atoms with E-state index in [1.54, 1.807) is 38.5 Å². The summed E-state index contributed by atoms with van der Waals surface area (Å²) < 4.78 is 39.9. The van der Waals surface area contributed by atoms with Gasteiger partial charge in [0.05, 0.1) is 19.1 Å². The molecule has 0 radical (unpaired) electrons. The molecule has 7 heteroatoms. The number of sulfonamides is 1. The fraction of sp³-hybridized carbons (Fsp3) is 0.217. The predicted molar refractivity (Wildman–Crippen MR) is 122 cm³/mol. The molecule has 3 rings (SSSR count). The topological polar surface area (TPSA) is 64.6 Å². The first-order valence-electron chi connectivity index (χ1n) is 9.44. The van der Waals surface area contributed by atoms with E-state index in [4.69, 9.17) is 9.47 Å². The summed E-state index contributed by atoms with van der Waals surface area (Å²) in [6.45, 7) is 0.253. The van der Waals surface area contributed by atoms with Crippen molar-refractivity contribution in [2.45, 2.75) is 17.2 Å². The molecule has 30 heavy (non-hydrogen) atoms. The largest absolute Gasteiger partial charge is 0.493 e. The van der Waals surface area contributed by atoms with Crippen LogP contribution in [0.2, 0.25) is 0 Å². The zero-order valence-electron chi connectivity index (χ0n) is 16.8. The summed E-state index contributed by atoms with van der Waals surface area (Å²) in [5.41, 5.74) is 2.09. The Bertz CT molecular complexity index is 1070. The van der Waals surface area contributed by atoms with Crippen molar-refractivity contribution in [3.8, 4) is 11.5 Å². The maximum absolute atomic E-state index is 12.8. The van der Waals surface area contributed by atoms with Crippen molar-refractivity contribution in [2.75, 3.05) is 20.8 Å². The van der Waals surface area contributed by atoms with Crippen LogP contribution in [0.5, 0.6) is 11.5 Å². The van der Waals surface area contributed by atoms with Crippen LogP contribution >= 0.6 is 15.9 Å². The molecule has 0 spiro atoms. The number of benzene rings is 3. The van der Waals surface area contributed by atoms with Gasteiger partial charge in [-0.3, -0.25) is 0 Å². The van der Waals surface area contributed by atoms with Gasteiger partial charge in [-0.25, -0.2) is 13.1 Å². The summed E-state index contributed by atoms with van der Waals surface area (Å²) in [5, 5.41) is 0. The minimum atomic E-state index is -3.63. The summed E-state index contributed by atoms with van der Waals surface area (Å²) >= 11 is 3.33. The highest BCUT2D eigenvalue weighted by Crippen LogP contribution is 2.32. The van der Waals surface area contributed by atoms with Crippen LogP contribution in [0, 0.1) is 0 Å². The molecule has 5 nitrogen and oxygen atoms in total. The quantitative estimate of drug-likeness (QED) is 0.470. The number of hydrogen-bond donors (Lipinski definition) is 1. The molecule has 158 valence electrons. The van der Waals surface area contributed by atoms with Crippen LogP contribution in [0.15, 0.2) is 82.2 Å². The molecule has 0 aliphatic heterocycles. The average Bonchev–Trinajstić information content (AvgIpc) is 2.77. The minimum Gasteiger partial charge on any atom is -0.493 e. The Hall–Kier alpha value is -2.35. The van der Waals surface area contributed by atoms with Crippen LogP contribution in [0.25, 0.3) is 0 Å². The van der Waals surface area contributed by atoms with Gasteiger partial charge in [-0.15, -0.1) is 0 Å². The van der Waals surface area contributed by atoms with E-state index in [1.165, 1.54) is 0 Å². The number of ether oxygens (including phenoxy) is 2. The second-order valence-corrected chi connectivity index (χ2v) is 9.49. The Morgan fingerprint density at radius 2 is 1.57 bits per heavy atom. The van der Waals surface area contributed by atoms with Crippen LogP contribution in [0.4, 0.5) is 0 Å². The number of rotatable bonds is 9. The molecular formula is C23H24BrNO4S. The van der Waals surface area contributed by atoms with Gasteiger partial charge in [0.25, 0.3) is 0 Å². The SMILES string of the molecule is COc1ccc([C@H](CNS(=O)(=O)c2ccc(Br)cc2)Cc2ccccc2)cc1OC. The van der Waals surface area contributed by atoms with Crippen molar-refractivity contribution in [1.29, 1.82) is 0 Å². The molecule has 3 aromatic carbocycles. The molecule has 0 bridgehead atoms. The molecule has 0 fully saturated rings. The van der Waals surface area contributed by atoms with Gasteiger partial charge < -0.3 is 9.47 Å². The zero-order valence-corrected chi connectivity index (χ0v) is 19.2. The van der Waals surface area contributed by atoms with Gasteiger partial charge >= 0.3 is 0 Å². The van der Waals surface area contributed by atoms with E-state index in [1.807, 2.05) is 48.5 Å². The fourth-order valence-electron chi connectivity index (χ4n) is 3.22. The lowest BCUT2D eigenvalue weighted by Crippen LogP contribution is -2.29. The van der Waals surface area contributed by atoms with Gasteiger partial charge in [-0.1, -0.05) is 52.3 Å². The minimum absolute atomic E-state index is 0.0857. The predicted octanol–water partition coefficient (Wildman–Crippen LogP) is 4.77. The highest BCUT2D eigenvalue weighted by molar-refractivity contribution is 9.10. The summed E-state index contributed by atoms with van der Waals surface area (Å²) in [5.74, 6) is 1.16. The molecule has 0 aliphatic rings. The van der Waals surface area contributed by atoms with Crippen LogP contribution < -0.4 is 14.2 Å². The van der Waals surface area contributed by atoms with Crippen LogP contribution in [0.3, 0.4) is 0 Å². The second kappa shape index (κ2) is 10.1. The van der Waals surface area contributed by atoms with E-state index in [0.29, 0.717) is 17.9 Å². The lowest BCUT2D eigenvalue weighted by atomic mass is 9.92. The van der Waals surface area contributed by atoms with E-state index >= 15 is 0 Å². The van der Waals surface area contributed by atoms with Gasteiger partial charge in [-0.05, 0) is 53.9 Å². The third kappa shape index (κ3) is 5.62. The van der Waals surface area contributed by atoms with E-state index in [-0.39, 0.29) is 17.4 Å². The third-order valence-electron chi connectivity index (χ3n) is 4.85. The van der Waals surface area contributed by atoms with Crippen molar-refractivity contribution >= 4 is 26.0 Å². The first-order valence-corrected chi connectivity index (χ1v) is 11.7. The monoisotopic (exact) mass is 489 g/mol. The third-order valence-corrected chi connectivity index (χ3v) is 6.82. The maximum Gasteiger partial charge on any atom is 0.240 e. The van der Waals surface area contributed by atoms with Crippen molar-refractivity contribution in [1.82, 2.24) is 4.72 Å². The summed E-state index contributed by atoms with van der Waals surface area (Å²) in [6.07, 6.45) is 0.680. The molecule has 0 saturated heterocycles. The van der Waals surface area contributed by atoms with Gasteiger partial charge in [0.2, 0.25) is 10.0 Å². The fourth-order valence-corrected chi connectivity index (χ4v) is 4.57. The van der Waals surface area contributed by atoms with Crippen molar-refractivity contribution < 1.29 is 17.9 Å². The molecular weight excluding hydrogens is 466 g/mol. The van der Waals surface area contributed by atoms with Crippen molar-refractivity contribution in [3.05, 3.63) is 88.4 Å². The highest BCUT2D eigenvalue weighted by atomic mass is 79.9. The molecule has 0 unspecified atom stereocenters. The Labute approximate surface area is 186 Å². The van der Waals surface area contributed by atoms with Crippen molar-refractivity contribution in [2.24, 2.45) is 0 Å². The van der Waals surface area contributed by atoms with E-state index < -0.39 is 10.0 Å². The highest BCUT2D eigenvalue weighted by Gasteiger charge is 2.20. The molecule has 0 aliphatic carbocycles. The molecule has 0 heterocycles. The first-order chi connectivity index (χ1) is 14.4. The van der Waals surface area contributed by atoms with Gasteiger partial charge in [0.15, 0.2) is 11.5 Å². The van der Waals surface area contributed by atoms with Crippen LogP contribution in [-0.2, 0) is 16.4 Å². The van der Waals surface area contributed by atoms with Crippen LogP contribution in [-0.4, -0.2) is 29.2 Å². The standard InChI is InChI=1S/C23H24BrNO4S/c1-28-22-13-8-18(15-23(22)29-2)19(14-17-6-4-3-5-7-17)16-25-30(26,27)21-11-9-20(24)10-12-21/h3-13,15,19,25H,14,16H2,1-2H3/t19-/m0/s1. The Kier molecular flexibility index (Phi) is 7.53. The molecule has 0 saturated carbocycles. The van der Waals surface area contributed by atoms with E-state index in [2.05, 4.69) is 20.7 Å². The van der Waals surface area contributed by atoms with E-state index in [0.717, 1.165) is 15.6 Å². The lowest BCUT2D eigenvalue weighted by molar-refractivity contribution is 0.354.